The number of imide groups is 1. The van der Waals surface area contributed by atoms with Gasteiger partial charge in [-0.05, 0) is 0 Å². The molecule has 0 spiro atoms. The molecule has 1 rings (SSSR count). The predicted molar refractivity (Wildman–Crippen MR) is 29.6 cm³/mol. The molecule has 9 heavy (non-hydrogen) atoms. The molecule has 4 nitrogen and oxygen atoms in total. The maximum Gasteiger partial charge on any atom is 0.327 e. The third-order valence-electron chi connectivity index (χ3n) is 0.728. The van der Waals surface area contributed by atoms with E-state index in [1.165, 1.54) is 0 Å². The Morgan fingerprint density at radius 2 is 2.00 bits per heavy atom. The second kappa shape index (κ2) is 2.18. The number of carbonyl (C=O) groups excluding carboxylic acids is 3. The zero-order valence-electron chi connectivity index (χ0n) is 4.29. The lowest BCUT2D eigenvalue weighted by atomic mass is 10.6. The van der Waals surface area contributed by atoms with Crippen LogP contribution in [0, 0.1) is 0 Å². The van der Waals surface area contributed by atoms with E-state index in [9.17, 15) is 14.4 Å². The van der Waals surface area contributed by atoms with E-state index >= 15 is 0 Å². The van der Waals surface area contributed by atoms with Gasteiger partial charge < -0.3 is 0 Å². The van der Waals surface area contributed by atoms with E-state index in [2.05, 4.69) is 5.32 Å². The van der Waals surface area contributed by atoms with Crippen molar-refractivity contribution >= 4 is 28.7 Å². The highest BCUT2D eigenvalue weighted by Crippen LogP contribution is 2.06. The van der Waals surface area contributed by atoms with Crippen molar-refractivity contribution in [2.45, 2.75) is 0 Å². The Hall–Kier alpha value is -0.840. The first-order valence-corrected chi connectivity index (χ1v) is 3.14. The molecule has 1 saturated heterocycles. The van der Waals surface area contributed by atoms with Crippen LogP contribution in [0.25, 0.3) is 0 Å². The van der Waals surface area contributed by atoms with Crippen LogP contribution in [0.2, 0.25) is 0 Å². The maximum atomic E-state index is 10.3. The number of carbonyl (C=O) groups is 3. The lowest BCUT2D eigenvalue weighted by Crippen LogP contribution is -2.34. The Morgan fingerprint density at radius 3 is 2.44 bits per heavy atom. The van der Waals surface area contributed by atoms with E-state index in [0.29, 0.717) is 11.8 Å². The van der Waals surface area contributed by atoms with Crippen molar-refractivity contribution < 1.29 is 14.4 Å². The monoisotopic (exact) mass is 144 g/mol. The SMILES string of the molecule is O=C1CSC(=O)C(=O)[N]1. The smallest absolute Gasteiger partial charge is 0.276 e. The zero-order valence-corrected chi connectivity index (χ0v) is 5.10. The van der Waals surface area contributed by atoms with Gasteiger partial charge in [-0.2, -0.15) is 5.32 Å². The highest BCUT2D eigenvalue weighted by atomic mass is 32.2. The van der Waals surface area contributed by atoms with Crippen LogP contribution in [0.1, 0.15) is 0 Å². The van der Waals surface area contributed by atoms with Crippen LogP contribution in [0.3, 0.4) is 0 Å². The van der Waals surface area contributed by atoms with Gasteiger partial charge in [0.1, 0.15) is 0 Å². The molecule has 0 N–H and O–H groups in total. The summed E-state index contributed by atoms with van der Waals surface area (Å²) >= 11 is 0.703. The van der Waals surface area contributed by atoms with Crippen molar-refractivity contribution in [3.63, 3.8) is 0 Å². The summed E-state index contributed by atoms with van der Waals surface area (Å²) in [5, 5.41) is 2.27. The summed E-state index contributed by atoms with van der Waals surface area (Å²) in [6, 6.07) is 0. The third kappa shape index (κ3) is 1.29. The fourth-order valence-corrected chi connectivity index (χ4v) is 0.868. The van der Waals surface area contributed by atoms with Crippen molar-refractivity contribution in [3.05, 3.63) is 0 Å². The fraction of sp³-hybridized carbons (Fsp3) is 0.250. The molecule has 0 saturated carbocycles. The summed E-state index contributed by atoms with van der Waals surface area (Å²) < 4.78 is 0. The van der Waals surface area contributed by atoms with Crippen LogP contribution in [-0.4, -0.2) is 22.7 Å². The molecular formula is C4H2NO3S. The van der Waals surface area contributed by atoms with Crippen LogP contribution in [-0.2, 0) is 14.4 Å². The fourth-order valence-electron chi connectivity index (χ4n) is 0.380. The average molecular weight is 144 g/mol. The lowest BCUT2D eigenvalue weighted by Gasteiger charge is -2.03. The van der Waals surface area contributed by atoms with E-state index in [1.54, 1.807) is 0 Å². The largest absolute Gasteiger partial charge is 0.327 e. The van der Waals surface area contributed by atoms with Crippen LogP contribution >= 0.6 is 11.8 Å². The van der Waals surface area contributed by atoms with Gasteiger partial charge in [0.05, 0.1) is 5.75 Å². The number of amides is 2. The average Bonchev–Trinajstić information content (AvgIpc) is 1.80. The molecule has 0 aliphatic carbocycles. The summed E-state index contributed by atoms with van der Waals surface area (Å²) in [4.78, 5) is 30.8. The number of rotatable bonds is 0. The Morgan fingerprint density at radius 1 is 1.33 bits per heavy atom. The zero-order chi connectivity index (χ0) is 6.85. The van der Waals surface area contributed by atoms with Crippen LogP contribution in [0.15, 0.2) is 0 Å². The Labute approximate surface area is 55.0 Å². The van der Waals surface area contributed by atoms with E-state index in [4.69, 9.17) is 0 Å². The first kappa shape index (κ1) is 6.28. The minimum atomic E-state index is -0.934. The van der Waals surface area contributed by atoms with Gasteiger partial charge in [0.25, 0.3) is 11.0 Å². The van der Waals surface area contributed by atoms with Gasteiger partial charge in [0, 0.05) is 0 Å². The molecule has 47 valence electrons. The maximum absolute atomic E-state index is 10.3. The van der Waals surface area contributed by atoms with E-state index in [-0.39, 0.29) is 5.75 Å². The van der Waals surface area contributed by atoms with Gasteiger partial charge in [-0.3, -0.25) is 14.4 Å². The minimum Gasteiger partial charge on any atom is -0.276 e. The quantitative estimate of drug-likeness (QED) is 0.320. The molecule has 1 aliphatic rings. The van der Waals surface area contributed by atoms with Crippen molar-refractivity contribution in [2.24, 2.45) is 0 Å². The molecule has 0 bridgehead atoms. The highest BCUT2D eigenvalue weighted by molar-refractivity contribution is 8.16. The van der Waals surface area contributed by atoms with Gasteiger partial charge in [-0.15, -0.1) is 0 Å². The predicted octanol–water partition coefficient (Wildman–Crippen LogP) is -1.08. The summed E-state index contributed by atoms with van der Waals surface area (Å²) in [6.07, 6.45) is 0. The molecule has 0 aromatic heterocycles. The molecule has 0 unspecified atom stereocenters. The van der Waals surface area contributed by atoms with Gasteiger partial charge >= 0.3 is 5.91 Å². The van der Waals surface area contributed by atoms with E-state index < -0.39 is 16.9 Å². The van der Waals surface area contributed by atoms with Gasteiger partial charge in [0.15, 0.2) is 0 Å². The van der Waals surface area contributed by atoms with Crippen molar-refractivity contribution in [2.75, 3.05) is 5.75 Å². The number of hydrogen-bond acceptors (Lipinski definition) is 4. The number of thioether (sulfide) groups is 1. The standard InChI is InChI=1S/C4H2NO3S/c6-2-1-9-4(8)3(7)5-2/h1H2. The van der Waals surface area contributed by atoms with Gasteiger partial charge in [-0.25, -0.2) is 0 Å². The molecule has 0 aromatic carbocycles. The second-order valence-electron chi connectivity index (χ2n) is 1.39. The summed E-state index contributed by atoms with van der Waals surface area (Å²) in [6.45, 7) is 0. The minimum absolute atomic E-state index is 0.00454. The second-order valence-corrected chi connectivity index (χ2v) is 2.33. The number of nitrogens with zero attached hydrogens (tertiary/aromatic N) is 1. The van der Waals surface area contributed by atoms with E-state index in [0.717, 1.165) is 0 Å². The molecule has 5 heteroatoms. The summed E-state index contributed by atoms with van der Waals surface area (Å²) in [5.74, 6) is -1.45. The van der Waals surface area contributed by atoms with Crippen LogP contribution in [0.5, 0.6) is 0 Å². The van der Waals surface area contributed by atoms with E-state index in [1.807, 2.05) is 0 Å². The third-order valence-corrected chi connectivity index (χ3v) is 1.56. The Balaban J connectivity index is 2.64. The number of hydrogen-bond donors (Lipinski definition) is 0. The van der Waals surface area contributed by atoms with Crippen LogP contribution in [0.4, 0.5) is 0 Å². The summed E-state index contributed by atoms with van der Waals surface area (Å²) in [7, 11) is 0. The summed E-state index contributed by atoms with van der Waals surface area (Å²) in [5.41, 5.74) is 0. The Bertz CT molecular complexity index is 188. The topological polar surface area (TPSA) is 65.3 Å². The molecule has 2 amide bonds. The molecule has 1 heterocycles. The van der Waals surface area contributed by atoms with Gasteiger partial charge in [-0.1, -0.05) is 11.8 Å². The van der Waals surface area contributed by atoms with Crippen LogP contribution < -0.4 is 5.32 Å². The van der Waals surface area contributed by atoms with Gasteiger partial charge in [0.2, 0.25) is 0 Å². The normalized spacial score (nSPS) is 19.8. The Kier molecular flexibility index (Phi) is 1.52. The molecule has 0 aromatic rings. The van der Waals surface area contributed by atoms with Crippen molar-refractivity contribution in [3.8, 4) is 0 Å². The molecule has 1 fully saturated rings. The lowest BCUT2D eigenvalue weighted by molar-refractivity contribution is -0.137. The molecule has 1 radical (unpaired) electrons. The van der Waals surface area contributed by atoms with Crippen molar-refractivity contribution in [1.82, 2.24) is 5.32 Å². The highest BCUT2D eigenvalue weighted by Gasteiger charge is 2.25. The molecule has 1 aliphatic heterocycles. The first-order valence-electron chi connectivity index (χ1n) is 2.16. The molecule has 0 atom stereocenters. The van der Waals surface area contributed by atoms with Crippen molar-refractivity contribution in [1.29, 1.82) is 0 Å². The first-order chi connectivity index (χ1) is 4.20. The molecular weight excluding hydrogens is 142 g/mol.